The van der Waals surface area contributed by atoms with Crippen molar-refractivity contribution >= 4 is 5.91 Å². The highest BCUT2D eigenvalue weighted by Gasteiger charge is 2.34. The van der Waals surface area contributed by atoms with E-state index in [0.717, 1.165) is 25.1 Å². The van der Waals surface area contributed by atoms with E-state index in [1.165, 1.54) is 0 Å². The fourth-order valence-corrected chi connectivity index (χ4v) is 2.71. The maximum atomic E-state index is 12.5. The standard InChI is InChI=1S/C16H24N2O2/c1-16(2)11-17-10-9-13(16)18-15(19)14(20-3)12-7-5-4-6-8-12/h4-8,13-14,17H,9-11H2,1-3H3,(H,18,19). The molecular formula is C16H24N2O2. The average Bonchev–Trinajstić information content (AvgIpc) is 2.43. The second-order valence-corrected chi connectivity index (χ2v) is 6.04. The molecule has 1 aliphatic heterocycles. The SMILES string of the molecule is COC(C(=O)NC1CCNCC1(C)C)c1ccccc1. The van der Waals surface area contributed by atoms with Crippen molar-refractivity contribution in [2.75, 3.05) is 20.2 Å². The molecule has 1 aromatic carbocycles. The molecule has 1 amide bonds. The molecule has 0 saturated carbocycles. The van der Waals surface area contributed by atoms with Gasteiger partial charge in [-0.15, -0.1) is 0 Å². The van der Waals surface area contributed by atoms with Crippen LogP contribution in [0.4, 0.5) is 0 Å². The fourth-order valence-electron chi connectivity index (χ4n) is 2.71. The first kappa shape index (κ1) is 15.0. The van der Waals surface area contributed by atoms with Gasteiger partial charge in [-0.2, -0.15) is 0 Å². The zero-order chi connectivity index (χ0) is 14.6. The Morgan fingerprint density at radius 3 is 2.70 bits per heavy atom. The van der Waals surface area contributed by atoms with Gasteiger partial charge in [0.2, 0.25) is 0 Å². The van der Waals surface area contributed by atoms with Crippen molar-refractivity contribution in [2.45, 2.75) is 32.4 Å². The smallest absolute Gasteiger partial charge is 0.253 e. The molecule has 2 N–H and O–H groups in total. The fraction of sp³-hybridized carbons (Fsp3) is 0.562. The molecule has 1 fully saturated rings. The molecule has 4 heteroatoms. The van der Waals surface area contributed by atoms with Crippen LogP contribution in [0.3, 0.4) is 0 Å². The molecule has 0 bridgehead atoms. The van der Waals surface area contributed by atoms with Gasteiger partial charge in [0.25, 0.3) is 5.91 Å². The first-order valence-corrected chi connectivity index (χ1v) is 7.13. The molecule has 1 heterocycles. The van der Waals surface area contributed by atoms with Crippen LogP contribution >= 0.6 is 0 Å². The summed E-state index contributed by atoms with van der Waals surface area (Å²) >= 11 is 0. The number of carbonyl (C=O) groups excluding carboxylic acids is 1. The Kier molecular flexibility index (Phi) is 4.78. The Hall–Kier alpha value is -1.39. The van der Waals surface area contributed by atoms with E-state index in [1.54, 1.807) is 7.11 Å². The van der Waals surface area contributed by atoms with Gasteiger partial charge in [0.1, 0.15) is 0 Å². The molecule has 2 unspecified atom stereocenters. The average molecular weight is 276 g/mol. The number of methoxy groups -OCH3 is 1. The van der Waals surface area contributed by atoms with Gasteiger partial charge in [0, 0.05) is 19.7 Å². The second kappa shape index (κ2) is 6.37. The number of amides is 1. The summed E-state index contributed by atoms with van der Waals surface area (Å²) in [4.78, 5) is 12.5. The summed E-state index contributed by atoms with van der Waals surface area (Å²) in [6, 6.07) is 9.79. The maximum Gasteiger partial charge on any atom is 0.253 e. The minimum absolute atomic E-state index is 0.0568. The number of rotatable bonds is 4. The Bertz CT molecular complexity index is 445. The monoisotopic (exact) mass is 276 g/mol. The summed E-state index contributed by atoms with van der Waals surface area (Å²) < 4.78 is 5.38. The van der Waals surface area contributed by atoms with Gasteiger partial charge in [-0.05, 0) is 23.9 Å². The van der Waals surface area contributed by atoms with E-state index < -0.39 is 6.10 Å². The van der Waals surface area contributed by atoms with Crippen molar-refractivity contribution in [2.24, 2.45) is 5.41 Å². The largest absolute Gasteiger partial charge is 0.367 e. The summed E-state index contributed by atoms with van der Waals surface area (Å²) in [7, 11) is 1.57. The number of ether oxygens (including phenoxy) is 1. The van der Waals surface area contributed by atoms with Crippen molar-refractivity contribution in [1.29, 1.82) is 0 Å². The second-order valence-electron chi connectivity index (χ2n) is 6.04. The molecule has 0 radical (unpaired) electrons. The molecule has 4 nitrogen and oxygen atoms in total. The van der Waals surface area contributed by atoms with Crippen molar-refractivity contribution < 1.29 is 9.53 Å². The topological polar surface area (TPSA) is 50.4 Å². The Labute approximate surface area is 120 Å². The van der Waals surface area contributed by atoms with Crippen molar-refractivity contribution in [3.8, 4) is 0 Å². The summed E-state index contributed by atoms with van der Waals surface area (Å²) in [5.74, 6) is -0.0568. The third-order valence-corrected chi connectivity index (χ3v) is 4.03. The first-order valence-electron chi connectivity index (χ1n) is 7.13. The van der Waals surface area contributed by atoms with E-state index in [4.69, 9.17) is 4.74 Å². The van der Waals surface area contributed by atoms with Crippen LogP contribution in [-0.2, 0) is 9.53 Å². The lowest BCUT2D eigenvalue weighted by molar-refractivity contribution is -0.133. The van der Waals surface area contributed by atoms with Crippen molar-refractivity contribution in [3.63, 3.8) is 0 Å². The third kappa shape index (κ3) is 3.38. The highest BCUT2D eigenvalue weighted by molar-refractivity contribution is 5.82. The van der Waals surface area contributed by atoms with Gasteiger partial charge in [-0.1, -0.05) is 44.2 Å². The van der Waals surface area contributed by atoms with Crippen molar-refractivity contribution in [3.05, 3.63) is 35.9 Å². The van der Waals surface area contributed by atoms with E-state index in [9.17, 15) is 4.79 Å². The lowest BCUT2D eigenvalue weighted by Gasteiger charge is -2.40. The Balaban J connectivity index is 2.06. The van der Waals surface area contributed by atoms with E-state index in [0.29, 0.717) is 0 Å². The first-order chi connectivity index (χ1) is 9.54. The Morgan fingerprint density at radius 1 is 1.40 bits per heavy atom. The predicted molar refractivity (Wildman–Crippen MR) is 79.4 cm³/mol. The lowest BCUT2D eigenvalue weighted by Crippen LogP contribution is -2.55. The van der Waals surface area contributed by atoms with Gasteiger partial charge >= 0.3 is 0 Å². The minimum atomic E-state index is -0.540. The number of benzene rings is 1. The number of carbonyl (C=O) groups is 1. The highest BCUT2D eigenvalue weighted by Crippen LogP contribution is 2.26. The van der Waals surface area contributed by atoms with Gasteiger partial charge in [-0.25, -0.2) is 0 Å². The van der Waals surface area contributed by atoms with E-state index in [-0.39, 0.29) is 17.4 Å². The normalized spacial score (nSPS) is 23.1. The minimum Gasteiger partial charge on any atom is -0.367 e. The number of hydrogen-bond acceptors (Lipinski definition) is 3. The van der Waals surface area contributed by atoms with Crippen LogP contribution in [0.1, 0.15) is 31.9 Å². The van der Waals surface area contributed by atoms with Crippen LogP contribution in [0.5, 0.6) is 0 Å². The lowest BCUT2D eigenvalue weighted by atomic mass is 9.80. The van der Waals surface area contributed by atoms with Crippen LogP contribution in [0.2, 0.25) is 0 Å². The molecule has 1 saturated heterocycles. The number of piperidine rings is 1. The van der Waals surface area contributed by atoms with Crippen LogP contribution in [0.15, 0.2) is 30.3 Å². The quantitative estimate of drug-likeness (QED) is 0.883. The van der Waals surface area contributed by atoms with E-state index in [1.807, 2.05) is 30.3 Å². The van der Waals surface area contributed by atoms with Crippen molar-refractivity contribution in [1.82, 2.24) is 10.6 Å². The number of nitrogens with one attached hydrogen (secondary N) is 2. The summed E-state index contributed by atoms with van der Waals surface area (Å²) in [5.41, 5.74) is 0.947. The molecule has 0 aliphatic carbocycles. The molecule has 2 rings (SSSR count). The van der Waals surface area contributed by atoms with Crippen LogP contribution in [0.25, 0.3) is 0 Å². The summed E-state index contributed by atoms with van der Waals surface area (Å²) in [5, 5.41) is 6.53. The molecule has 20 heavy (non-hydrogen) atoms. The van der Waals surface area contributed by atoms with Gasteiger partial charge < -0.3 is 15.4 Å². The van der Waals surface area contributed by atoms with Crippen LogP contribution in [0, 0.1) is 5.41 Å². The molecule has 1 aromatic rings. The summed E-state index contributed by atoms with van der Waals surface area (Å²) in [6.45, 7) is 6.21. The Morgan fingerprint density at radius 2 is 2.10 bits per heavy atom. The zero-order valence-electron chi connectivity index (χ0n) is 12.5. The van der Waals surface area contributed by atoms with Crippen LogP contribution < -0.4 is 10.6 Å². The molecule has 110 valence electrons. The predicted octanol–water partition coefficient (Wildman–Crippen LogP) is 1.88. The molecule has 1 aliphatic rings. The van der Waals surface area contributed by atoms with E-state index >= 15 is 0 Å². The van der Waals surface area contributed by atoms with E-state index in [2.05, 4.69) is 24.5 Å². The van der Waals surface area contributed by atoms with Gasteiger partial charge in [0.05, 0.1) is 0 Å². The third-order valence-electron chi connectivity index (χ3n) is 4.03. The molecule has 2 atom stereocenters. The maximum absolute atomic E-state index is 12.5. The number of hydrogen-bond donors (Lipinski definition) is 2. The summed E-state index contributed by atoms with van der Waals surface area (Å²) in [6.07, 6.45) is 0.408. The molecule has 0 aromatic heterocycles. The van der Waals surface area contributed by atoms with Gasteiger partial charge in [0.15, 0.2) is 6.10 Å². The molecular weight excluding hydrogens is 252 g/mol. The van der Waals surface area contributed by atoms with Crippen LogP contribution in [-0.4, -0.2) is 32.1 Å². The van der Waals surface area contributed by atoms with Gasteiger partial charge in [-0.3, -0.25) is 4.79 Å². The molecule has 0 spiro atoms. The highest BCUT2D eigenvalue weighted by atomic mass is 16.5. The zero-order valence-corrected chi connectivity index (χ0v) is 12.5.